The molecule has 1 aliphatic carbocycles. The molecular weight excluding hydrogens is 501 g/mol. The summed E-state index contributed by atoms with van der Waals surface area (Å²) >= 11 is 0. The molecule has 11 heteroatoms. The van der Waals surface area contributed by atoms with Gasteiger partial charge in [0.25, 0.3) is 0 Å². The van der Waals surface area contributed by atoms with Crippen molar-refractivity contribution >= 4 is 11.6 Å². The molecule has 3 aromatic heterocycles. The predicted molar refractivity (Wildman–Crippen MR) is 130 cm³/mol. The number of alkyl halides is 2. The van der Waals surface area contributed by atoms with Crippen LogP contribution in [0.15, 0.2) is 48.9 Å². The number of fused-ring (bicyclic) bond motifs is 1. The summed E-state index contributed by atoms with van der Waals surface area (Å²) in [5, 5.41) is 20.2. The summed E-state index contributed by atoms with van der Waals surface area (Å²) < 4.78 is 47.2. The van der Waals surface area contributed by atoms with E-state index < -0.39 is 29.9 Å². The van der Waals surface area contributed by atoms with Crippen molar-refractivity contribution < 1.29 is 32.9 Å². The lowest BCUT2D eigenvalue weighted by Gasteiger charge is -2.33. The molecule has 2 N–H and O–H groups in total. The quantitative estimate of drug-likeness (QED) is 0.353. The van der Waals surface area contributed by atoms with Crippen LogP contribution in [0.25, 0.3) is 16.8 Å². The summed E-state index contributed by atoms with van der Waals surface area (Å²) in [6, 6.07) is 7.75. The third-order valence-corrected chi connectivity index (χ3v) is 7.10. The first-order chi connectivity index (χ1) is 18.1. The Morgan fingerprint density at radius 3 is 2.55 bits per heavy atom. The van der Waals surface area contributed by atoms with Gasteiger partial charge in [-0.25, -0.2) is 19.3 Å². The molecule has 0 bridgehead atoms. The minimum atomic E-state index is -2.96. The number of aromatic nitrogens is 4. The van der Waals surface area contributed by atoms with Crippen LogP contribution in [-0.2, 0) is 16.8 Å². The first-order valence-corrected chi connectivity index (χ1v) is 12.1. The number of nitrogens with zero attached hydrogens (tertiary/aromatic N) is 4. The minimum absolute atomic E-state index is 0.0542. The molecule has 0 saturated heterocycles. The van der Waals surface area contributed by atoms with Crippen molar-refractivity contribution in [2.24, 2.45) is 5.92 Å². The summed E-state index contributed by atoms with van der Waals surface area (Å²) in [4.78, 5) is 24.2. The van der Waals surface area contributed by atoms with E-state index in [4.69, 9.17) is 0 Å². The fraction of sp³-hybridized carbons (Fsp3) is 0.333. The highest BCUT2D eigenvalue weighted by Gasteiger charge is 2.39. The highest BCUT2D eigenvalue weighted by Crippen LogP contribution is 2.38. The molecule has 1 aromatic carbocycles. The zero-order chi connectivity index (χ0) is 27.0. The van der Waals surface area contributed by atoms with Crippen LogP contribution in [0.2, 0.25) is 0 Å². The summed E-state index contributed by atoms with van der Waals surface area (Å²) in [5.74, 6) is -1.71. The van der Waals surface area contributed by atoms with E-state index in [2.05, 4.69) is 19.7 Å². The van der Waals surface area contributed by atoms with Crippen LogP contribution in [-0.4, -0.2) is 42.1 Å². The predicted octanol–water partition coefficient (Wildman–Crippen LogP) is 4.89. The molecular formula is C27H25F3N4O4. The average molecular weight is 527 g/mol. The van der Waals surface area contributed by atoms with E-state index in [0.717, 1.165) is 0 Å². The third-order valence-electron chi connectivity index (χ3n) is 7.10. The van der Waals surface area contributed by atoms with Gasteiger partial charge in [0.05, 0.1) is 11.6 Å². The molecule has 0 amide bonds. The van der Waals surface area contributed by atoms with Crippen LogP contribution in [0, 0.1) is 18.7 Å². The number of halogens is 3. The number of aryl methyl sites for hydroxylation is 1. The molecule has 1 fully saturated rings. The lowest BCUT2D eigenvalue weighted by molar-refractivity contribution is -0.145. The Morgan fingerprint density at radius 1 is 1.21 bits per heavy atom. The van der Waals surface area contributed by atoms with Gasteiger partial charge < -0.3 is 19.4 Å². The molecule has 1 aliphatic rings. The van der Waals surface area contributed by atoms with Gasteiger partial charge in [-0.05, 0) is 38.7 Å². The van der Waals surface area contributed by atoms with Crippen molar-refractivity contribution in [3.63, 3.8) is 0 Å². The van der Waals surface area contributed by atoms with E-state index >= 15 is 4.39 Å². The maximum absolute atomic E-state index is 15.1. The lowest BCUT2D eigenvalue weighted by Crippen LogP contribution is -2.35. The Morgan fingerprint density at radius 2 is 1.89 bits per heavy atom. The number of carboxylic acids is 1. The number of ether oxygens (including phenoxy) is 1. The number of aliphatic hydroxyl groups is 1. The molecule has 3 heterocycles. The van der Waals surface area contributed by atoms with Gasteiger partial charge in [0.2, 0.25) is 0 Å². The lowest BCUT2D eigenvalue weighted by atomic mass is 9.78. The molecule has 198 valence electrons. The Bertz CT molecular complexity index is 1480. The Balaban J connectivity index is 1.46. The van der Waals surface area contributed by atoms with Crippen molar-refractivity contribution in [2.45, 2.75) is 51.2 Å². The number of aliphatic carboxylic acids is 1. The Labute approximate surface area is 215 Å². The molecule has 0 unspecified atom stereocenters. The van der Waals surface area contributed by atoms with Gasteiger partial charge in [-0.2, -0.15) is 8.78 Å². The Hall–Kier alpha value is -3.99. The number of rotatable bonds is 7. The van der Waals surface area contributed by atoms with Crippen molar-refractivity contribution in [3.05, 3.63) is 77.5 Å². The summed E-state index contributed by atoms with van der Waals surface area (Å²) in [7, 11) is 0. The van der Waals surface area contributed by atoms with Crippen molar-refractivity contribution in [3.8, 4) is 16.9 Å². The number of benzene rings is 1. The first kappa shape index (κ1) is 25.7. The van der Waals surface area contributed by atoms with Gasteiger partial charge >= 0.3 is 12.6 Å². The molecule has 0 aliphatic heterocycles. The monoisotopic (exact) mass is 526 g/mol. The smallest absolute Gasteiger partial charge is 0.387 e. The largest absolute Gasteiger partial charge is 0.481 e. The molecule has 38 heavy (non-hydrogen) atoms. The molecule has 8 nitrogen and oxygen atoms in total. The number of pyridine rings is 1. The van der Waals surface area contributed by atoms with Gasteiger partial charge in [0.1, 0.15) is 22.8 Å². The van der Waals surface area contributed by atoms with Crippen molar-refractivity contribution in [1.29, 1.82) is 0 Å². The number of para-hydroxylation sites is 1. The zero-order valence-corrected chi connectivity index (χ0v) is 20.4. The number of imidazole rings is 1. The van der Waals surface area contributed by atoms with Crippen LogP contribution in [0.1, 0.15) is 48.5 Å². The van der Waals surface area contributed by atoms with E-state index in [1.165, 1.54) is 24.5 Å². The van der Waals surface area contributed by atoms with Gasteiger partial charge in [-0.1, -0.05) is 18.2 Å². The average Bonchev–Trinajstić information content (AvgIpc) is 3.18. The van der Waals surface area contributed by atoms with Gasteiger partial charge in [-0.15, -0.1) is 0 Å². The highest BCUT2D eigenvalue weighted by molar-refractivity contribution is 5.70. The van der Waals surface area contributed by atoms with E-state index in [0.29, 0.717) is 41.0 Å². The maximum Gasteiger partial charge on any atom is 0.387 e. The van der Waals surface area contributed by atoms with E-state index in [-0.39, 0.29) is 36.4 Å². The normalized spacial score (nSPS) is 19.7. The standard InChI is InChI=1S/C27H25F3N4O4/c1-15-21(10-17-4-2-3-5-22(17)38-26(29)30)34-14-19(20(28)11-23(34)33-15)18-12-31-25(32-13-18)27(37)8-6-16(7-9-27)24(35)36/h2-5,11-14,16,26,37H,6-10H2,1H3,(H,35,36). The van der Waals surface area contributed by atoms with Gasteiger partial charge in [-0.3, -0.25) is 4.79 Å². The summed E-state index contributed by atoms with van der Waals surface area (Å²) in [5.41, 5.74) is 1.40. The van der Waals surface area contributed by atoms with Crippen LogP contribution >= 0.6 is 0 Å². The third kappa shape index (κ3) is 4.93. The fourth-order valence-corrected chi connectivity index (χ4v) is 4.97. The van der Waals surface area contributed by atoms with E-state index in [9.17, 15) is 23.8 Å². The number of carboxylic acid groups (broad SMARTS) is 1. The van der Waals surface area contributed by atoms with Crippen LogP contribution in [0.4, 0.5) is 13.2 Å². The van der Waals surface area contributed by atoms with Crippen LogP contribution in [0.5, 0.6) is 5.75 Å². The number of carbonyl (C=O) groups is 1. The van der Waals surface area contributed by atoms with Gasteiger partial charge in [0, 0.05) is 53.5 Å². The minimum Gasteiger partial charge on any atom is -0.481 e. The second kappa shape index (κ2) is 10.1. The van der Waals surface area contributed by atoms with Gasteiger partial charge in [0.15, 0.2) is 5.82 Å². The Kier molecular flexibility index (Phi) is 6.78. The topological polar surface area (TPSA) is 110 Å². The number of hydrogen-bond donors (Lipinski definition) is 2. The van der Waals surface area contributed by atoms with E-state index in [1.54, 1.807) is 35.7 Å². The van der Waals surface area contributed by atoms with Crippen LogP contribution < -0.4 is 4.74 Å². The van der Waals surface area contributed by atoms with E-state index in [1.807, 2.05) is 0 Å². The van der Waals surface area contributed by atoms with Crippen molar-refractivity contribution in [2.75, 3.05) is 0 Å². The SMILES string of the molecule is Cc1nc2cc(F)c(-c3cnc(C4(O)CCC(C(=O)O)CC4)nc3)cn2c1Cc1ccccc1OC(F)F. The molecule has 1 saturated carbocycles. The van der Waals surface area contributed by atoms with Crippen molar-refractivity contribution in [1.82, 2.24) is 19.4 Å². The highest BCUT2D eigenvalue weighted by atomic mass is 19.3. The molecule has 5 rings (SSSR count). The van der Waals surface area contributed by atoms with Crippen LogP contribution in [0.3, 0.4) is 0 Å². The second-order valence-electron chi connectivity index (χ2n) is 9.51. The molecule has 0 radical (unpaired) electrons. The summed E-state index contributed by atoms with van der Waals surface area (Å²) in [6.07, 6.45) is 5.69. The second-order valence-corrected chi connectivity index (χ2v) is 9.51. The molecule has 0 spiro atoms. The number of hydrogen-bond acceptors (Lipinski definition) is 6. The molecule has 0 atom stereocenters. The summed E-state index contributed by atoms with van der Waals surface area (Å²) in [6.45, 7) is -1.21. The zero-order valence-electron chi connectivity index (χ0n) is 20.4. The maximum atomic E-state index is 15.1. The first-order valence-electron chi connectivity index (χ1n) is 12.1. The fourth-order valence-electron chi connectivity index (χ4n) is 4.97. The molecule has 4 aromatic rings.